The van der Waals surface area contributed by atoms with E-state index in [1.54, 1.807) is 23.1 Å². The zero-order valence-electron chi connectivity index (χ0n) is 22.6. The van der Waals surface area contributed by atoms with Gasteiger partial charge in [0, 0.05) is 18.7 Å². The molecule has 4 rings (SSSR count). The fraction of sp³-hybridized carbons (Fsp3) is 0.467. The van der Waals surface area contributed by atoms with Crippen LogP contribution >= 0.6 is 0 Å². The minimum absolute atomic E-state index is 0.0721. The highest BCUT2D eigenvalue weighted by molar-refractivity contribution is 6.46. The quantitative estimate of drug-likeness (QED) is 0.186. The molecule has 2 heterocycles. The number of ketones is 1. The van der Waals surface area contributed by atoms with Gasteiger partial charge in [-0.1, -0.05) is 45.7 Å². The monoisotopic (exact) mass is 522 g/mol. The number of fused-ring (bicyclic) bond motifs is 1. The van der Waals surface area contributed by atoms with Crippen molar-refractivity contribution in [2.45, 2.75) is 46.1 Å². The minimum Gasteiger partial charge on any atom is -0.507 e. The average Bonchev–Trinajstić information content (AvgIpc) is 3.20. The smallest absolute Gasteiger partial charge is 0.295 e. The molecule has 0 saturated carbocycles. The predicted molar refractivity (Wildman–Crippen MR) is 146 cm³/mol. The maximum absolute atomic E-state index is 13.4. The summed E-state index contributed by atoms with van der Waals surface area (Å²) in [6.45, 7) is 10.4. The van der Waals surface area contributed by atoms with E-state index in [1.165, 1.54) is 0 Å². The Labute approximate surface area is 224 Å². The van der Waals surface area contributed by atoms with Crippen molar-refractivity contribution in [3.8, 4) is 17.2 Å². The van der Waals surface area contributed by atoms with E-state index in [0.717, 1.165) is 43.7 Å². The van der Waals surface area contributed by atoms with Gasteiger partial charge in [-0.3, -0.25) is 9.59 Å². The molecule has 2 aromatic rings. The normalized spacial score (nSPS) is 18.3. The molecule has 1 unspecified atom stereocenters. The number of amides is 1. The van der Waals surface area contributed by atoms with Crippen molar-refractivity contribution in [1.82, 2.24) is 9.80 Å². The van der Waals surface area contributed by atoms with E-state index >= 15 is 0 Å². The van der Waals surface area contributed by atoms with E-state index in [-0.39, 0.29) is 11.3 Å². The van der Waals surface area contributed by atoms with Crippen LogP contribution in [-0.4, -0.2) is 72.6 Å². The highest BCUT2D eigenvalue weighted by Gasteiger charge is 2.46. The molecule has 2 aliphatic heterocycles. The van der Waals surface area contributed by atoms with Crippen molar-refractivity contribution in [3.05, 3.63) is 59.2 Å². The third-order valence-electron chi connectivity index (χ3n) is 7.12. The summed E-state index contributed by atoms with van der Waals surface area (Å²) in [5.41, 5.74) is 1.21. The number of ether oxygens (including phenoxy) is 3. The first kappa shape index (κ1) is 27.5. The summed E-state index contributed by atoms with van der Waals surface area (Å²) in [6, 6.07) is 11.8. The lowest BCUT2D eigenvalue weighted by Gasteiger charge is -2.28. The number of likely N-dealkylation sites (tertiary alicyclic amines) is 1. The van der Waals surface area contributed by atoms with Crippen LogP contribution in [0.4, 0.5) is 0 Å². The van der Waals surface area contributed by atoms with E-state index in [2.05, 4.69) is 25.7 Å². The topological polar surface area (TPSA) is 88.5 Å². The van der Waals surface area contributed by atoms with Crippen LogP contribution in [0, 0.1) is 0 Å². The summed E-state index contributed by atoms with van der Waals surface area (Å²) in [4.78, 5) is 30.4. The summed E-state index contributed by atoms with van der Waals surface area (Å²) >= 11 is 0. The van der Waals surface area contributed by atoms with E-state index in [1.807, 2.05) is 24.3 Å². The fourth-order valence-corrected chi connectivity index (χ4v) is 4.88. The van der Waals surface area contributed by atoms with Crippen molar-refractivity contribution in [2.24, 2.45) is 0 Å². The molecule has 1 atom stereocenters. The Balaban J connectivity index is 1.69. The molecule has 0 aromatic heterocycles. The molecule has 204 valence electrons. The molecule has 8 heteroatoms. The number of nitrogens with zero attached hydrogens (tertiary/aromatic N) is 2. The molecular formula is C30H38N2O6. The van der Waals surface area contributed by atoms with Crippen LogP contribution in [0.25, 0.3) is 5.76 Å². The Morgan fingerprint density at radius 3 is 2.39 bits per heavy atom. The molecule has 38 heavy (non-hydrogen) atoms. The van der Waals surface area contributed by atoms with Crippen LogP contribution in [-0.2, 0) is 9.59 Å². The van der Waals surface area contributed by atoms with Gasteiger partial charge in [0.15, 0.2) is 11.5 Å². The van der Waals surface area contributed by atoms with Crippen molar-refractivity contribution in [2.75, 3.05) is 46.0 Å². The molecule has 2 aliphatic rings. The molecule has 1 fully saturated rings. The van der Waals surface area contributed by atoms with Gasteiger partial charge in [-0.05, 0) is 55.4 Å². The lowest BCUT2D eigenvalue weighted by molar-refractivity contribution is -0.140. The van der Waals surface area contributed by atoms with Gasteiger partial charge in [0.2, 0.25) is 0 Å². The number of likely N-dealkylation sites (N-methyl/N-ethyl adjacent to an activating group) is 1. The zero-order chi connectivity index (χ0) is 27.1. The second-order valence-electron chi connectivity index (χ2n) is 9.50. The molecule has 0 aliphatic carbocycles. The SMILES string of the molecule is CCCCCOc1ccc(C2/C(=C(/O)c3ccc4c(c3)OCCO4)C(=O)C(=O)N2CCN(CC)CC)cc1. The first-order chi connectivity index (χ1) is 18.5. The number of unbranched alkanes of at least 4 members (excludes halogenated alkanes) is 2. The Bertz CT molecular complexity index is 1160. The number of carbonyl (C=O) groups is 2. The molecule has 8 nitrogen and oxygen atoms in total. The number of aliphatic hydroxyl groups is 1. The summed E-state index contributed by atoms with van der Waals surface area (Å²) in [7, 11) is 0. The van der Waals surface area contributed by atoms with Crippen LogP contribution in [0.5, 0.6) is 17.2 Å². The lowest BCUT2D eigenvalue weighted by atomic mass is 9.95. The summed E-state index contributed by atoms with van der Waals surface area (Å²) < 4.78 is 17.1. The molecule has 1 amide bonds. The molecule has 0 bridgehead atoms. The number of benzene rings is 2. The number of hydrogen-bond acceptors (Lipinski definition) is 7. The minimum atomic E-state index is -0.715. The van der Waals surface area contributed by atoms with E-state index in [4.69, 9.17) is 14.2 Å². The van der Waals surface area contributed by atoms with Crippen molar-refractivity contribution >= 4 is 17.4 Å². The lowest BCUT2D eigenvalue weighted by Crippen LogP contribution is -2.38. The maximum Gasteiger partial charge on any atom is 0.295 e. The zero-order valence-corrected chi connectivity index (χ0v) is 22.6. The Morgan fingerprint density at radius 2 is 1.71 bits per heavy atom. The molecule has 2 aromatic carbocycles. The van der Waals surface area contributed by atoms with Crippen molar-refractivity contribution in [3.63, 3.8) is 0 Å². The molecular weight excluding hydrogens is 484 g/mol. The van der Waals surface area contributed by atoms with Crippen LogP contribution < -0.4 is 14.2 Å². The average molecular weight is 523 g/mol. The van der Waals surface area contributed by atoms with Crippen LogP contribution in [0.3, 0.4) is 0 Å². The van der Waals surface area contributed by atoms with Crippen LogP contribution in [0.15, 0.2) is 48.0 Å². The van der Waals surface area contributed by atoms with Gasteiger partial charge in [0.1, 0.15) is 24.7 Å². The van der Waals surface area contributed by atoms with Gasteiger partial charge in [-0.15, -0.1) is 0 Å². The van der Waals surface area contributed by atoms with Gasteiger partial charge < -0.3 is 29.1 Å². The number of rotatable bonds is 12. The van der Waals surface area contributed by atoms with Gasteiger partial charge in [0.05, 0.1) is 18.2 Å². The van der Waals surface area contributed by atoms with E-state index in [0.29, 0.717) is 50.0 Å². The molecule has 1 N–H and O–H groups in total. The van der Waals surface area contributed by atoms with Crippen molar-refractivity contribution in [1.29, 1.82) is 0 Å². The second kappa shape index (κ2) is 12.8. The fourth-order valence-electron chi connectivity index (χ4n) is 4.88. The maximum atomic E-state index is 13.4. The summed E-state index contributed by atoms with van der Waals surface area (Å²) in [5, 5.41) is 11.4. The second-order valence-corrected chi connectivity index (χ2v) is 9.50. The number of carbonyl (C=O) groups excluding carboxylic acids is 2. The van der Waals surface area contributed by atoms with Crippen molar-refractivity contribution < 1.29 is 28.9 Å². The Hall–Kier alpha value is -3.52. The first-order valence-corrected chi connectivity index (χ1v) is 13.6. The summed E-state index contributed by atoms with van der Waals surface area (Å²) in [5.74, 6) is 0.283. The van der Waals surface area contributed by atoms with Gasteiger partial charge in [0.25, 0.3) is 11.7 Å². The third kappa shape index (κ3) is 5.96. The highest BCUT2D eigenvalue weighted by atomic mass is 16.6. The predicted octanol–water partition coefficient (Wildman–Crippen LogP) is 4.79. The van der Waals surface area contributed by atoms with Crippen LogP contribution in [0.2, 0.25) is 0 Å². The van der Waals surface area contributed by atoms with Gasteiger partial charge in [-0.2, -0.15) is 0 Å². The van der Waals surface area contributed by atoms with E-state index in [9.17, 15) is 14.7 Å². The Morgan fingerprint density at radius 1 is 1.00 bits per heavy atom. The standard InChI is InChI=1S/C30H38N2O6/c1-4-7-8-17-36-23-12-9-21(10-13-23)27-26(29(34)30(35)32(27)16-15-31(5-2)6-3)28(33)22-11-14-24-25(20-22)38-19-18-37-24/h9-14,20,27,33H,4-8,15-19H2,1-3H3/b28-26-. The third-order valence-corrected chi connectivity index (χ3v) is 7.12. The van der Waals surface area contributed by atoms with E-state index < -0.39 is 17.7 Å². The largest absolute Gasteiger partial charge is 0.507 e. The molecule has 1 saturated heterocycles. The van der Waals surface area contributed by atoms with Gasteiger partial charge >= 0.3 is 0 Å². The number of hydrogen-bond donors (Lipinski definition) is 1. The Kier molecular flexibility index (Phi) is 9.29. The first-order valence-electron chi connectivity index (χ1n) is 13.6. The van der Waals surface area contributed by atoms with Gasteiger partial charge in [-0.25, -0.2) is 0 Å². The highest BCUT2D eigenvalue weighted by Crippen LogP contribution is 2.41. The number of Topliss-reactive ketones (excluding diaryl/α,β-unsaturated/α-hetero) is 1. The number of aliphatic hydroxyl groups excluding tert-OH is 1. The van der Waals surface area contributed by atoms with Crippen LogP contribution in [0.1, 0.15) is 57.2 Å². The molecule has 0 radical (unpaired) electrons. The molecule has 0 spiro atoms. The summed E-state index contributed by atoms with van der Waals surface area (Å²) in [6.07, 6.45) is 3.22.